The molecular formula is C23H24N2O4S. The molecule has 6 nitrogen and oxygen atoms in total. The topological polar surface area (TPSA) is 60.0 Å². The van der Waals surface area contributed by atoms with Crippen LogP contribution in [0.15, 0.2) is 72.5 Å². The van der Waals surface area contributed by atoms with Crippen LogP contribution in [0.4, 0.5) is 5.69 Å². The van der Waals surface area contributed by atoms with Gasteiger partial charge in [0.15, 0.2) is 5.11 Å². The van der Waals surface area contributed by atoms with E-state index in [1.54, 1.807) is 18.1 Å². The Morgan fingerprint density at radius 1 is 1.17 bits per heavy atom. The van der Waals surface area contributed by atoms with Crippen molar-refractivity contribution in [1.82, 2.24) is 5.32 Å². The second-order valence-corrected chi connectivity index (χ2v) is 6.90. The zero-order chi connectivity index (χ0) is 21.7. The summed E-state index contributed by atoms with van der Waals surface area (Å²) in [6.07, 6.45) is 1.67. The second-order valence-electron chi connectivity index (χ2n) is 6.52. The molecule has 2 aromatic carbocycles. The molecule has 156 valence electrons. The highest BCUT2D eigenvalue weighted by Crippen LogP contribution is 2.39. The second kappa shape index (κ2) is 9.45. The van der Waals surface area contributed by atoms with Gasteiger partial charge in [-0.3, -0.25) is 4.90 Å². The van der Waals surface area contributed by atoms with Crippen LogP contribution in [0.3, 0.4) is 0 Å². The first-order chi connectivity index (χ1) is 14.5. The molecule has 1 aliphatic rings. The molecule has 0 amide bonds. The standard InChI is InChI=1S/C23H24N2O4S/c1-5-14-29-18-12-8-6-10-16(18)21-20(22(26)28-4)15(2)25(23(30)24-21)17-11-7-9-13-19(17)27-3/h5-13,21H,1,14H2,2-4H3,(H,24,30). The summed E-state index contributed by atoms with van der Waals surface area (Å²) < 4.78 is 16.4. The highest BCUT2D eigenvalue weighted by atomic mass is 32.1. The van der Waals surface area contributed by atoms with Crippen LogP contribution in [0.5, 0.6) is 11.5 Å². The summed E-state index contributed by atoms with van der Waals surface area (Å²) in [5.41, 5.74) is 2.59. The van der Waals surface area contributed by atoms with E-state index in [-0.39, 0.29) is 0 Å². The van der Waals surface area contributed by atoms with Crippen molar-refractivity contribution in [3.05, 3.63) is 78.0 Å². The van der Waals surface area contributed by atoms with E-state index in [0.29, 0.717) is 34.5 Å². The van der Waals surface area contributed by atoms with Crippen LogP contribution < -0.4 is 19.7 Å². The van der Waals surface area contributed by atoms with Crippen LogP contribution in [0.2, 0.25) is 0 Å². The molecule has 0 aromatic heterocycles. The quantitative estimate of drug-likeness (QED) is 0.407. The Balaban J connectivity index is 2.16. The number of nitrogens with zero attached hydrogens (tertiary/aromatic N) is 1. The normalized spacial score (nSPS) is 16.0. The van der Waals surface area contributed by atoms with Gasteiger partial charge >= 0.3 is 5.97 Å². The van der Waals surface area contributed by atoms with Gasteiger partial charge in [-0.15, -0.1) is 0 Å². The molecule has 0 fully saturated rings. The molecule has 1 unspecified atom stereocenters. The van der Waals surface area contributed by atoms with Gasteiger partial charge in [-0.2, -0.15) is 0 Å². The van der Waals surface area contributed by atoms with Crippen molar-refractivity contribution in [2.24, 2.45) is 0 Å². The molecule has 0 bridgehead atoms. The molecule has 1 aliphatic heterocycles. The maximum atomic E-state index is 12.8. The monoisotopic (exact) mass is 424 g/mol. The van der Waals surface area contributed by atoms with Crippen molar-refractivity contribution in [1.29, 1.82) is 0 Å². The number of methoxy groups -OCH3 is 2. The Morgan fingerprint density at radius 3 is 2.50 bits per heavy atom. The molecule has 2 aromatic rings. The van der Waals surface area contributed by atoms with E-state index in [9.17, 15) is 4.79 Å². The number of carbonyl (C=O) groups excluding carboxylic acids is 1. The van der Waals surface area contributed by atoms with Gasteiger partial charge in [0, 0.05) is 11.3 Å². The van der Waals surface area contributed by atoms with Crippen LogP contribution in [-0.2, 0) is 9.53 Å². The van der Waals surface area contributed by atoms with E-state index in [4.69, 9.17) is 26.4 Å². The minimum absolute atomic E-state index is 0.345. The van der Waals surface area contributed by atoms with E-state index in [0.717, 1.165) is 11.3 Å². The Hall–Kier alpha value is -3.32. The number of ether oxygens (including phenoxy) is 3. The Bertz CT molecular complexity index is 1000. The summed E-state index contributed by atoms with van der Waals surface area (Å²) in [4.78, 5) is 14.6. The molecule has 0 saturated heterocycles. The molecule has 1 N–H and O–H groups in total. The number of rotatable bonds is 7. The number of allylic oxidation sites excluding steroid dienone is 1. The number of hydrogen-bond acceptors (Lipinski definition) is 5. The molecule has 0 aliphatic carbocycles. The highest BCUT2D eigenvalue weighted by molar-refractivity contribution is 7.80. The summed E-state index contributed by atoms with van der Waals surface area (Å²) in [6.45, 7) is 5.88. The Labute approximate surface area is 181 Å². The maximum absolute atomic E-state index is 12.8. The number of para-hydroxylation sites is 3. The average Bonchev–Trinajstić information content (AvgIpc) is 2.77. The highest BCUT2D eigenvalue weighted by Gasteiger charge is 2.37. The largest absolute Gasteiger partial charge is 0.495 e. The smallest absolute Gasteiger partial charge is 0.337 e. The van der Waals surface area contributed by atoms with Crippen LogP contribution in [-0.4, -0.2) is 31.9 Å². The number of nitrogens with one attached hydrogen (secondary N) is 1. The SMILES string of the molecule is C=CCOc1ccccc1C1NC(=S)N(c2ccccc2OC)C(C)=C1C(=O)OC. The van der Waals surface area contributed by atoms with Gasteiger partial charge in [-0.05, 0) is 37.3 Å². The van der Waals surface area contributed by atoms with E-state index < -0.39 is 12.0 Å². The summed E-state index contributed by atoms with van der Waals surface area (Å²) in [7, 11) is 2.95. The van der Waals surface area contributed by atoms with Crippen LogP contribution in [0.1, 0.15) is 18.5 Å². The number of esters is 1. The molecule has 0 spiro atoms. The molecule has 0 saturated carbocycles. The van der Waals surface area contributed by atoms with Crippen molar-refractivity contribution in [3.63, 3.8) is 0 Å². The average molecular weight is 425 g/mol. The number of carbonyl (C=O) groups is 1. The molecular weight excluding hydrogens is 400 g/mol. The van der Waals surface area contributed by atoms with Crippen molar-refractivity contribution in [2.45, 2.75) is 13.0 Å². The summed E-state index contributed by atoms with van der Waals surface area (Å²) >= 11 is 5.69. The molecule has 0 radical (unpaired) electrons. The maximum Gasteiger partial charge on any atom is 0.337 e. The predicted octanol–water partition coefficient (Wildman–Crippen LogP) is 4.14. The number of thiocarbonyl (C=S) groups is 1. The van der Waals surface area contributed by atoms with Crippen LogP contribution in [0, 0.1) is 0 Å². The minimum atomic E-state index is -0.531. The predicted molar refractivity (Wildman–Crippen MR) is 121 cm³/mol. The lowest BCUT2D eigenvalue weighted by Gasteiger charge is -2.38. The van der Waals surface area contributed by atoms with Crippen LogP contribution >= 0.6 is 12.2 Å². The first-order valence-corrected chi connectivity index (χ1v) is 9.79. The van der Waals surface area contributed by atoms with Crippen molar-refractivity contribution in [2.75, 3.05) is 25.7 Å². The molecule has 30 heavy (non-hydrogen) atoms. The lowest BCUT2D eigenvalue weighted by Crippen LogP contribution is -2.48. The Morgan fingerprint density at radius 2 is 1.83 bits per heavy atom. The summed E-state index contributed by atoms with van der Waals surface area (Å²) in [5.74, 6) is 0.821. The van der Waals surface area contributed by atoms with E-state index in [2.05, 4.69) is 11.9 Å². The van der Waals surface area contributed by atoms with E-state index >= 15 is 0 Å². The van der Waals surface area contributed by atoms with Crippen molar-refractivity contribution < 1.29 is 19.0 Å². The minimum Gasteiger partial charge on any atom is -0.495 e. The third-order valence-corrected chi connectivity index (χ3v) is 5.10. The lowest BCUT2D eigenvalue weighted by molar-refractivity contribution is -0.136. The summed E-state index contributed by atoms with van der Waals surface area (Å²) in [5, 5.41) is 3.72. The van der Waals surface area contributed by atoms with Crippen LogP contribution in [0.25, 0.3) is 0 Å². The van der Waals surface area contributed by atoms with Gasteiger partial charge in [0.2, 0.25) is 0 Å². The molecule has 7 heteroatoms. The van der Waals surface area contributed by atoms with Gasteiger partial charge in [0.25, 0.3) is 0 Å². The fraction of sp³-hybridized carbons (Fsp3) is 0.217. The van der Waals surface area contributed by atoms with Crippen molar-refractivity contribution >= 4 is 29.0 Å². The van der Waals surface area contributed by atoms with E-state index in [1.807, 2.05) is 55.5 Å². The third-order valence-electron chi connectivity index (χ3n) is 4.80. The first-order valence-electron chi connectivity index (χ1n) is 9.38. The van der Waals surface area contributed by atoms with Gasteiger partial charge in [0.05, 0.1) is 31.5 Å². The summed E-state index contributed by atoms with van der Waals surface area (Å²) in [6, 6.07) is 14.5. The number of benzene rings is 2. The molecule has 3 rings (SSSR count). The third kappa shape index (κ3) is 4.02. The first kappa shape index (κ1) is 21.4. The fourth-order valence-corrected chi connectivity index (χ4v) is 3.81. The van der Waals surface area contributed by atoms with E-state index in [1.165, 1.54) is 7.11 Å². The lowest BCUT2D eigenvalue weighted by atomic mass is 9.94. The number of anilines is 1. The fourth-order valence-electron chi connectivity index (χ4n) is 3.45. The van der Waals surface area contributed by atoms with Gasteiger partial charge < -0.3 is 19.5 Å². The zero-order valence-corrected chi connectivity index (χ0v) is 18.0. The molecule has 1 atom stereocenters. The molecule has 1 heterocycles. The van der Waals surface area contributed by atoms with Gasteiger partial charge in [-0.25, -0.2) is 4.79 Å². The van der Waals surface area contributed by atoms with Crippen molar-refractivity contribution in [3.8, 4) is 11.5 Å². The van der Waals surface area contributed by atoms with Gasteiger partial charge in [-0.1, -0.05) is 43.0 Å². The number of hydrogen-bond donors (Lipinski definition) is 1. The zero-order valence-electron chi connectivity index (χ0n) is 17.2. The Kier molecular flexibility index (Phi) is 6.74. The van der Waals surface area contributed by atoms with Gasteiger partial charge in [0.1, 0.15) is 18.1 Å².